The summed E-state index contributed by atoms with van der Waals surface area (Å²) >= 11 is 1.35. The van der Waals surface area contributed by atoms with Crippen LogP contribution in [0.4, 0.5) is 0 Å². The minimum atomic E-state index is -1.02. The van der Waals surface area contributed by atoms with Crippen molar-refractivity contribution in [3.8, 4) is 0 Å². The van der Waals surface area contributed by atoms with Crippen LogP contribution in [0.25, 0.3) is 0 Å². The van der Waals surface area contributed by atoms with Crippen molar-refractivity contribution in [1.29, 1.82) is 0 Å². The number of aliphatic carboxylic acids is 1. The number of thiophene rings is 1. The zero-order chi connectivity index (χ0) is 15.9. The van der Waals surface area contributed by atoms with Crippen LogP contribution in [0.5, 0.6) is 0 Å². The smallest absolute Gasteiger partial charge is 0.325 e. The molecule has 0 bridgehead atoms. The summed E-state index contributed by atoms with van der Waals surface area (Å²) in [4.78, 5) is 34.5. The van der Waals surface area contributed by atoms with Gasteiger partial charge >= 0.3 is 5.97 Å². The number of Topliss-reactive ketones (excluding diaryl/α,β-unsaturated/α-hetero) is 1. The average Bonchev–Trinajstić information content (AvgIpc) is 3.13. The highest BCUT2D eigenvalue weighted by Gasteiger charge is 2.11. The first kappa shape index (κ1) is 15.8. The fourth-order valence-electron chi connectivity index (χ4n) is 1.70. The second-order valence-electron chi connectivity index (χ2n) is 4.48. The molecular formula is C13H14N4O4S. The normalized spacial score (nSPS) is 10.4. The van der Waals surface area contributed by atoms with Crippen molar-refractivity contribution in [2.45, 2.75) is 25.9 Å². The predicted octanol–water partition coefficient (Wildman–Crippen LogP) is 0.704. The second-order valence-corrected chi connectivity index (χ2v) is 5.43. The lowest BCUT2D eigenvalue weighted by Gasteiger charge is -2.02. The largest absolute Gasteiger partial charge is 0.480 e. The second kappa shape index (κ2) is 7.46. The Labute approximate surface area is 129 Å². The molecule has 0 saturated carbocycles. The number of aromatic nitrogens is 3. The Morgan fingerprint density at radius 1 is 1.32 bits per heavy atom. The molecule has 2 rings (SSSR count). The number of carbonyl (C=O) groups excluding carboxylic acids is 2. The molecule has 8 nitrogen and oxygen atoms in total. The highest BCUT2D eigenvalue weighted by Crippen LogP contribution is 2.12. The van der Waals surface area contributed by atoms with Gasteiger partial charge in [-0.3, -0.25) is 14.4 Å². The van der Waals surface area contributed by atoms with Crippen molar-refractivity contribution in [3.63, 3.8) is 0 Å². The van der Waals surface area contributed by atoms with Crippen molar-refractivity contribution >= 4 is 29.0 Å². The number of hydrogen-bond acceptors (Lipinski definition) is 6. The van der Waals surface area contributed by atoms with E-state index in [0.29, 0.717) is 10.6 Å². The van der Waals surface area contributed by atoms with Crippen molar-refractivity contribution in [2.75, 3.05) is 0 Å². The van der Waals surface area contributed by atoms with Gasteiger partial charge in [0.1, 0.15) is 12.2 Å². The molecule has 0 aliphatic rings. The van der Waals surface area contributed by atoms with Gasteiger partial charge in [-0.05, 0) is 11.4 Å². The third-order valence-electron chi connectivity index (χ3n) is 2.73. The molecule has 0 aromatic carbocycles. The van der Waals surface area contributed by atoms with E-state index < -0.39 is 5.97 Å². The maximum atomic E-state index is 11.7. The zero-order valence-electron chi connectivity index (χ0n) is 11.6. The monoisotopic (exact) mass is 322 g/mol. The summed E-state index contributed by atoms with van der Waals surface area (Å²) in [6.45, 7) is -0.137. The van der Waals surface area contributed by atoms with Crippen LogP contribution in [0, 0.1) is 0 Å². The third kappa shape index (κ3) is 4.77. The van der Waals surface area contributed by atoms with Gasteiger partial charge in [-0.1, -0.05) is 11.3 Å². The van der Waals surface area contributed by atoms with Crippen LogP contribution < -0.4 is 5.32 Å². The summed E-state index contributed by atoms with van der Waals surface area (Å²) in [5.41, 5.74) is 0.458. The third-order valence-corrected chi connectivity index (χ3v) is 3.64. The molecule has 22 heavy (non-hydrogen) atoms. The van der Waals surface area contributed by atoms with Crippen LogP contribution in [0.1, 0.15) is 28.2 Å². The molecule has 0 saturated heterocycles. The molecule has 0 atom stereocenters. The average molecular weight is 322 g/mol. The van der Waals surface area contributed by atoms with E-state index in [-0.39, 0.29) is 37.6 Å². The first-order chi connectivity index (χ1) is 10.5. The van der Waals surface area contributed by atoms with E-state index in [9.17, 15) is 14.4 Å². The number of nitrogens with zero attached hydrogens (tertiary/aromatic N) is 3. The number of ketones is 1. The highest BCUT2D eigenvalue weighted by molar-refractivity contribution is 7.12. The number of rotatable bonds is 8. The van der Waals surface area contributed by atoms with Gasteiger partial charge < -0.3 is 10.4 Å². The number of amides is 1. The standard InChI is InChI=1S/C13H14N4O4S/c18-10(11-2-1-5-22-11)3-4-12(19)14-6-9-7-17(16-15-9)8-13(20)21/h1-2,5,7H,3-4,6,8H2,(H,14,19)(H,20,21). The fourth-order valence-corrected chi connectivity index (χ4v) is 2.39. The van der Waals surface area contributed by atoms with Crippen LogP contribution in [0.2, 0.25) is 0 Å². The molecule has 0 unspecified atom stereocenters. The highest BCUT2D eigenvalue weighted by atomic mass is 32.1. The van der Waals surface area contributed by atoms with Crippen LogP contribution in [-0.4, -0.2) is 37.8 Å². The number of carboxylic acid groups (broad SMARTS) is 1. The van der Waals surface area contributed by atoms with Crippen molar-refractivity contribution < 1.29 is 19.5 Å². The summed E-state index contributed by atoms with van der Waals surface area (Å²) < 4.78 is 1.17. The number of carboxylic acids is 1. The van der Waals surface area contributed by atoms with E-state index in [1.165, 1.54) is 22.2 Å². The molecule has 0 aliphatic carbocycles. The van der Waals surface area contributed by atoms with E-state index in [1.54, 1.807) is 12.1 Å². The molecule has 2 heterocycles. The first-order valence-corrected chi connectivity index (χ1v) is 7.37. The van der Waals surface area contributed by atoms with Gasteiger partial charge in [0.15, 0.2) is 5.78 Å². The Kier molecular flexibility index (Phi) is 5.37. The number of nitrogens with one attached hydrogen (secondary N) is 1. The summed E-state index contributed by atoms with van der Waals surface area (Å²) in [6.07, 6.45) is 1.70. The lowest BCUT2D eigenvalue weighted by molar-refractivity contribution is -0.138. The Hall–Kier alpha value is -2.55. The fraction of sp³-hybridized carbons (Fsp3) is 0.308. The van der Waals surface area contributed by atoms with Gasteiger partial charge in [-0.15, -0.1) is 16.4 Å². The molecule has 116 valence electrons. The minimum Gasteiger partial charge on any atom is -0.480 e. The molecule has 2 N–H and O–H groups in total. The lowest BCUT2D eigenvalue weighted by Crippen LogP contribution is -2.23. The topological polar surface area (TPSA) is 114 Å². The first-order valence-electron chi connectivity index (χ1n) is 6.49. The Morgan fingerprint density at radius 3 is 2.82 bits per heavy atom. The molecule has 1 amide bonds. The van der Waals surface area contributed by atoms with Crippen molar-refractivity contribution in [3.05, 3.63) is 34.3 Å². The summed E-state index contributed by atoms with van der Waals surface area (Å²) in [5.74, 6) is -1.34. The van der Waals surface area contributed by atoms with Gasteiger partial charge in [-0.25, -0.2) is 4.68 Å². The molecule has 0 spiro atoms. The molecule has 2 aromatic heterocycles. The molecule has 0 radical (unpaired) electrons. The zero-order valence-corrected chi connectivity index (χ0v) is 12.4. The molecular weight excluding hydrogens is 308 g/mol. The van der Waals surface area contributed by atoms with Crippen LogP contribution in [0.3, 0.4) is 0 Å². The van der Waals surface area contributed by atoms with Crippen LogP contribution in [-0.2, 0) is 22.7 Å². The number of hydrogen-bond donors (Lipinski definition) is 2. The summed E-state index contributed by atoms with van der Waals surface area (Å²) in [6, 6.07) is 3.52. The summed E-state index contributed by atoms with van der Waals surface area (Å²) in [7, 11) is 0. The van der Waals surface area contributed by atoms with Gasteiger partial charge in [0.2, 0.25) is 5.91 Å². The number of carbonyl (C=O) groups is 3. The van der Waals surface area contributed by atoms with Gasteiger partial charge in [0.05, 0.1) is 17.6 Å². The van der Waals surface area contributed by atoms with E-state index in [4.69, 9.17) is 5.11 Å². The van der Waals surface area contributed by atoms with Gasteiger partial charge in [0, 0.05) is 12.8 Å². The lowest BCUT2D eigenvalue weighted by atomic mass is 10.2. The van der Waals surface area contributed by atoms with Crippen LogP contribution >= 0.6 is 11.3 Å². The SMILES string of the molecule is O=C(O)Cn1cc(CNC(=O)CCC(=O)c2cccs2)nn1. The van der Waals surface area contributed by atoms with Gasteiger partial charge in [-0.2, -0.15) is 0 Å². The molecule has 9 heteroatoms. The molecule has 2 aromatic rings. The van der Waals surface area contributed by atoms with E-state index in [1.807, 2.05) is 5.38 Å². The summed E-state index contributed by atoms with van der Waals surface area (Å²) in [5, 5.41) is 20.4. The van der Waals surface area contributed by atoms with E-state index in [2.05, 4.69) is 15.6 Å². The van der Waals surface area contributed by atoms with Crippen LogP contribution in [0.15, 0.2) is 23.7 Å². The van der Waals surface area contributed by atoms with Crippen molar-refractivity contribution in [2.24, 2.45) is 0 Å². The van der Waals surface area contributed by atoms with E-state index >= 15 is 0 Å². The van der Waals surface area contributed by atoms with E-state index in [0.717, 1.165) is 0 Å². The predicted molar refractivity (Wildman–Crippen MR) is 77.4 cm³/mol. The van der Waals surface area contributed by atoms with Crippen molar-refractivity contribution in [1.82, 2.24) is 20.3 Å². The maximum Gasteiger partial charge on any atom is 0.325 e. The Balaban J connectivity index is 1.72. The Morgan fingerprint density at radius 2 is 2.14 bits per heavy atom. The minimum absolute atomic E-state index is 0.0578. The van der Waals surface area contributed by atoms with Gasteiger partial charge in [0.25, 0.3) is 0 Å². The molecule has 0 aliphatic heterocycles. The quantitative estimate of drug-likeness (QED) is 0.692. The Bertz CT molecular complexity index is 665. The maximum absolute atomic E-state index is 11.7. The molecule has 0 fully saturated rings.